The van der Waals surface area contributed by atoms with Crippen molar-refractivity contribution in [1.82, 2.24) is 10.2 Å². The van der Waals surface area contributed by atoms with Gasteiger partial charge in [0.05, 0.1) is 6.26 Å². The topological polar surface area (TPSA) is 52.1 Å². The Kier molecular flexibility index (Phi) is 3.82. The number of furan rings is 1. The Bertz CT molecular complexity index is 992. The molecule has 0 fully saturated rings. The molecular formula is C18H13FN2O2S. The molecule has 0 aliphatic heterocycles. The maximum Gasteiger partial charge on any atom is 0.247 e. The average Bonchev–Trinajstić information content (AvgIpc) is 3.21. The van der Waals surface area contributed by atoms with Gasteiger partial charge in [0.2, 0.25) is 11.8 Å². The summed E-state index contributed by atoms with van der Waals surface area (Å²) in [4.78, 5) is 0.899. The van der Waals surface area contributed by atoms with Crippen LogP contribution in [0, 0.1) is 6.92 Å². The number of hydrogen-bond acceptors (Lipinski definition) is 5. The molecule has 2 aromatic carbocycles. The molecule has 4 aromatic rings. The molecule has 24 heavy (non-hydrogen) atoms. The van der Waals surface area contributed by atoms with Crippen LogP contribution in [0.4, 0.5) is 4.39 Å². The fourth-order valence-corrected chi connectivity index (χ4v) is 3.05. The van der Waals surface area contributed by atoms with E-state index in [-0.39, 0.29) is 0 Å². The molecule has 4 nitrogen and oxygen atoms in total. The maximum absolute atomic E-state index is 12.4. The van der Waals surface area contributed by atoms with Gasteiger partial charge >= 0.3 is 0 Å². The zero-order chi connectivity index (χ0) is 16.5. The van der Waals surface area contributed by atoms with E-state index in [4.69, 9.17) is 8.83 Å². The van der Waals surface area contributed by atoms with Crippen molar-refractivity contribution in [3.8, 4) is 22.6 Å². The summed E-state index contributed by atoms with van der Waals surface area (Å²) in [5, 5.41) is 8.89. The van der Waals surface area contributed by atoms with Gasteiger partial charge in [-0.05, 0) is 35.9 Å². The van der Waals surface area contributed by atoms with Crippen LogP contribution in [0.2, 0.25) is 0 Å². The second kappa shape index (κ2) is 6.13. The van der Waals surface area contributed by atoms with Gasteiger partial charge in [-0.25, -0.2) is 4.39 Å². The van der Waals surface area contributed by atoms with E-state index in [1.807, 2.05) is 42.5 Å². The molecule has 0 amide bonds. The lowest BCUT2D eigenvalue weighted by molar-refractivity contribution is 0.533. The van der Waals surface area contributed by atoms with E-state index in [1.54, 1.807) is 13.2 Å². The Balaban J connectivity index is 1.78. The number of hydrogen-bond donors (Lipinski definition) is 0. The summed E-state index contributed by atoms with van der Waals surface area (Å²) in [5.41, 5.74) is 3.61. The highest BCUT2D eigenvalue weighted by molar-refractivity contribution is 7.99. The lowest BCUT2D eigenvalue weighted by atomic mass is 10.0. The first-order valence-electron chi connectivity index (χ1n) is 7.35. The Labute approximate surface area is 141 Å². The Morgan fingerprint density at radius 1 is 1.04 bits per heavy atom. The molecule has 0 bridgehead atoms. The van der Waals surface area contributed by atoms with Crippen LogP contribution in [-0.2, 0) is 0 Å². The Morgan fingerprint density at radius 3 is 2.54 bits per heavy atom. The summed E-state index contributed by atoms with van der Waals surface area (Å²) in [6, 6.07) is 13.1. The van der Waals surface area contributed by atoms with Gasteiger partial charge in [0.25, 0.3) is 0 Å². The fourth-order valence-electron chi connectivity index (χ4n) is 2.59. The van der Waals surface area contributed by atoms with Crippen molar-refractivity contribution in [3.63, 3.8) is 0 Å². The van der Waals surface area contributed by atoms with Crippen LogP contribution >= 0.6 is 11.8 Å². The minimum absolute atomic E-state index is 0.430. The van der Waals surface area contributed by atoms with E-state index >= 15 is 0 Å². The van der Waals surface area contributed by atoms with E-state index in [1.165, 1.54) is 11.8 Å². The molecule has 0 saturated heterocycles. The molecule has 0 aliphatic carbocycles. The van der Waals surface area contributed by atoms with Gasteiger partial charge in [0.1, 0.15) is 11.6 Å². The van der Waals surface area contributed by atoms with Gasteiger partial charge in [-0.2, -0.15) is 0 Å². The minimum atomic E-state index is -0.430. The number of aromatic nitrogens is 2. The van der Waals surface area contributed by atoms with Gasteiger partial charge < -0.3 is 8.83 Å². The predicted molar refractivity (Wildman–Crippen MR) is 91.5 cm³/mol. The van der Waals surface area contributed by atoms with Crippen molar-refractivity contribution in [2.75, 3.05) is 6.01 Å². The molecule has 0 radical (unpaired) electrons. The molecule has 0 atom stereocenters. The van der Waals surface area contributed by atoms with Crippen molar-refractivity contribution < 1.29 is 13.2 Å². The second-order valence-corrected chi connectivity index (χ2v) is 6.24. The number of aryl methyl sites for hydroxylation is 1. The standard InChI is InChI=1S/C18H13FN2O2S/c1-11-20-21-18(23-11)13-4-7-17-15(8-13)16(9-22-17)12-2-5-14(6-3-12)24-10-19/h2-9H,10H2,1H3. The van der Waals surface area contributed by atoms with Gasteiger partial charge in [0.15, 0.2) is 0 Å². The molecule has 0 aliphatic rings. The summed E-state index contributed by atoms with van der Waals surface area (Å²) < 4.78 is 23.5. The molecule has 0 saturated carbocycles. The molecule has 2 heterocycles. The van der Waals surface area contributed by atoms with Crippen LogP contribution in [0.25, 0.3) is 33.6 Å². The van der Waals surface area contributed by atoms with Gasteiger partial charge in [0, 0.05) is 28.3 Å². The lowest BCUT2D eigenvalue weighted by Crippen LogP contribution is -1.80. The molecule has 120 valence electrons. The quantitative estimate of drug-likeness (QED) is 0.461. The van der Waals surface area contributed by atoms with Crippen molar-refractivity contribution >= 4 is 22.7 Å². The van der Waals surface area contributed by atoms with Crippen LogP contribution in [0.3, 0.4) is 0 Å². The van der Waals surface area contributed by atoms with Crippen molar-refractivity contribution in [1.29, 1.82) is 0 Å². The summed E-state index contributed by atoms with van der Waals surface area (Å²) in [5.74, 6) is 1.01. The van der Waals surface area contributed by atoms with E-state index in [0.717, 1.165) is 32.6 Å². The van der Waals surface area contributed by atoms with Crippen molar-refractivity contribution in [2.24, 2.45) is 0 Å². The number of fused-ring (bicyclic) bond motifs is 1. The third-order valence-corrected chi connectivity index (χ3v) is 4.45. The highest BCUT2D eigenvalue weighted by atomic mass is 32.2. The molecule has 2 aromatic heterocycles. The minimum Gasteiger partial charge on any atom is -0.464 e. The van der Waals surface area contributed by atoms with Crippen LogP contribution in [0.5, 0.6) is 0 Å². The van der Waals surface area contributed by atoms with Gasteiger partial charge in [-0.15, -0.1) is 10.2 Å². The highest BCUT2D eigenvalue weighted by Crippen LogP contribution is 2.34. The molecular weight excluding hydrogens is 327 g/mol. The van der Waals surface area contributed by atoms with Crippen molar-refractivity contribution in [2.45, 2.75) is 11.8 Å². The Morgan fingerprint density at radius 2 is 1.83 bits per heavy atom. The first-order valence-corrected chi connectivity index (χ1v) is 8.34. The largest absolute Gasteiger partial charge is 0.464 e. The molecule has 4 rings (SSSR count). The zero-order valence-corrected chi connectivity index (χ0v) is 13.6. The lowest BCUT2D eigenvalue weighted by Gasteiger charge is -2.02. The van der Waals surface area contributed by atoms with E-state index in [9.17, 15) is 4.39 Å². The number of halogens is 1. The fraction of sp³-hybridized carbons (Fsp3) is 0.111. The maximum atomic E-state index is 12.4. The first kappa shape index (κ1) is 15.0. The second-order valence-electron chi connectivity index (χ2n) is 5.26. The molecule has 6 heteroatoms. The SMILES string of the molecule is Cc1nnc(-c2ccc3occ(-c4ccc(SCF)cc4)c3c2)o1. The molecule has 0 unspecified atom stereocenters. The van der Waals surface area contributed by atoms with Crippen LogP contribution in [0.15, 0.2) is 62.5 Å². The average molecular weight is 340 g/mol. The van der Waals surface area contributed by atoms with E-state index < -0.39 is 6.01 Å². The number of nitrogens with zero attached hydrogens (tertiary/aromatic N) is 2. The summed E-state index contributed by atoms with van der Waals surface area (Å²) in [6.07, 6.45) is 1.73. The number of rotatable bonds is 4. The summed E-state index contributed by atoms with van der Waals surface area (Å²) >= 11 is 1.17. The smallest absolute Gasteiger partial charge is 0.247 e. The summed E-state index contributed by atoms with van der Waals surface area (Å²) in [6.45, 7) is 1.76. The third kappa shape index (κ3) is 2.69. The van der Waals surface area contributed by atoms with Crippen LogP contribution < -0.4 is 0 Å². The number of alkyl halides is 1. The number of benzene rings is 2. The Hall–Kier alpha value is -2.60. The first-order chi connectivity index (χ1) is 11.7. The monoisotopic (exact) mass is 340 g/mol. The number of thioether (sulfide) groups is 1. The highest BCUT2D eigenvalue weighted by Gasteiger charge is 2.12. The van der Waals surface area contributed by atoms with Gasteiger partial charge in [-0.1, -0.05) is 23.9 Å². The normalized spacial score (nSPS) is 11.2. The van der Waals surface area contributed by atoms with Crippen LogP contribution in [-0.4, -0.2) is 16.2 Å². The molecule has 0 N–H and O–H groups in total. The zero-order valence-electron chi connectivity index (χ0n) is 12.8. The summed E-state index contributed by atoms with van der Waals surface area (Å²) in [7, 11) is 0. The van der Waals surface area contributed by atoms with E-state index in [0.29, 0.717) is 11.8 Å². The predicted octanol–water partition coefficient (Wildman–Crippen LogP) is 5.48. The van der Waals surface area contributed by atoms with Crippen molar-refractivity contribution in [3.05, 3.63) is 54.6 Å². The van der Waals surface area contributed by atoms with E-state index in [2.05, 4.69) is 10.2 Å². The van der Waals surface area contributed by atoms with Crippen LogP contribution in [0.1, 0.15) is 5.89 Å². The van der Waals surface area contributed by atoms with Gasteiger partial charge in [-0.3, -0.25) is 0 Å². The molecule has 0 spiro atoms. The third-order valence-electron chi connectivity index (χ3n) is 3.73.